The smallest absolute Gasteiger partial charge is 0.236 e. The normalized spacial score (nSPS) is 18.5. The van der Waals surface area contributed by atoms with E-state index in [-0.39, 0.29) is 23.5 Å². The minimum Gasteiger partial charge on any atom is -0.467 e. The maximum atomic E-state index is 13.2. The maximum Gasteiger partial charge on any atom is 0.236 e. The van der Waals surface area contributed by atoms with Gasteiger partial charge in [-0.3, -0.25) is 14.3 Å². The Labute approximate surface area is 191 Å². The number of pyridine rings is 1. The van der Waals surface area contributed by atoms with E-state index in [4.69, 9.17) is 4.42 Å². The van der Waals surface area contributed by atoms with E-state index in [9.17, 15) is 13.2 Å². The lowest BCUT2D eigenvalue weighted by molar-refractivity contribution is -0.131. The molecule has 0 aromatic carbocycles. The Morgan fingerprint density at radius 1 is 1.34 bits per heavy atom. The van der Waals surface area contributed by atoms with E-state index in [0.29, 0.717) is 30.5 Å². The number of carbonyl (C=O) groups is 1. The third kappa shape index (κ3) is 4.88. The monoisotopic (exact) mass is 475 g/mol. The molecule has 0 spiro atoms. The summed E-state index contributed by atoms with van der Waals surface area (Å²) in [5.41, 5.74) is 0.809. The average Bonchev–Trinajstić information content (AvgIpc) is 3.51. The lowest BCUT2D eigenvalue weighted by atomic mass is 10.2. The lowest BCUT2D eigenvalue weighted by Crippen LogP contribution is -2.44. The van der Waals surface area contributed by atoms with E-state index < -0.39 is 15.1 Å². The molecule has 2 atom stereocenters. The minimum atomic E-state index is -3.08. The Kier molecular flexibility index (Phi) is 6.66. The Hall–Kier alpha value is -2.66. The van der Waals surface area contributed by atoms with Gasteiger partial charge in [-0.25, -0.2) is 8.42 Å². The standard InChI is InChI=1S/C21H25N5O4S2/c1-3-25(17-8-11-32(28,29)14-17)20(27)15(2)31-21-24-23-19(16-6-4-9-22-12-16)26(21)13-18-7-5-10-30-18/h4-7,9-10,12,15,17H,3,8,11,13-14H2,1-2H3/t15-,17-/m1/s1. The summed E-state index contributed by atoms with van der Waals surface area (Å²) in [5.74, 6) is 1.43. The van der Waals surface area contributed by atoms with Gasteiger partial charge in [0.05, 0.1) is 29.6 Å². The van der Waals surface area contributed by atoms with Crippen molar-refractivity contribution >= 4 is 27.5 Å². The van der Waals surface area contributed by atoms with E-state index in [1.54, 1.807) is 23.6 Å². The van der Waals surface area contributed by atoms with Gasteiger partial charge in [0.2, 0.25) is 5.91 Å². The van der Waals surface area contributed by atoms with E-state index in [1.165, 1.54) is 11.8 Å². The summed E-state index contributed by atoms with van der Waals surface area (Å²) in [6, 6.07) is 7.15. The highest BCUT2D eigenvalue weighted by molar-refractivity contribution is 8.00. The number of hydrogen-bond donors (Lipinski definition) is 0. The van der Waals surface area contributed by atoms with Crippen molar-refractivity contribution in [3.8, 4) is 11.4 Å². The zero-order valence-electron chi connectivity index (χ0n) is 17.9. The van der Waals surface area contributed by atoms with Crippen molar-refractivity contribution in [1.82, 2.24) is 24.6 Å². The van der Waals surface area contributed by atoms with Crippen LogP contribution in [0.2, 0.25) is 0 Å². The molecule has 0 N–H and O–H groups in total. The minimum absolute atomic E-state index is 0.0315. The van der Waals surface area contributed by atoms with Crippen molar-refractivity contribution in [1.29, 1.82) is 0 Å². The molecule has 1 aliphatic heterocycles. The SMILES string of the molecule is CCN(C(=O)[C@@H](C)Sc1nnc(-c2cccnc2)n1Cc1ccco1)[C@@H]1CCS(=O)(=O)C1. The van der Waals surface area contributed by atoms with E-state index in [1.807, 2.05) is 42.7 Å². The van der Waals surface area contributed by atoms with Crippen LogP contribution in [-0.2, 0) is 21.2 Å². The summed E-state index contributed by atoms with van der Waals surface area (Å²) in [5, 5.41) is 8.81. The predicted octanol–water partition coefficient (Wildman–Crippen LogP) is 2.50. The van der Waals surface area contributed by atoms with Gasteiger partial charge >= 0.3 is 0 Å². The first-order valence-corrected chi connectivity index (χ1v) is 13.1. The van der Waals surface area contributed by atoms with Crippen molar-refractivity contribution < 1.29 is 17.6 Å². The van der Waals surface area contributed by atoms with Crippen LogP contribution in [0.1, 0.15) is 26.0 Å². The van der Waals surface area contributed by atoms with Crippen LogP contribution in [0, 0.1) is 0 Å². The zero-order chi connectivity index (χ0) is 22.7. The number of amides is 1. The molecular weight excluding hydrogens is 450 g/mol. The van der Waals surface area contributed by atoms with E-state index >= 15 is 0 Å². The molecule has 4 heterocycles. The first kappa shape index (κ1) is 22.5. The molecular formula is C21H25N5O4S2. The fourth-order valence-corrected chi connectivity index (χ4v) is 6.49. The largest absolute Gasteiger partial charge is 0.467 e. The van der Waals surface area contributed by atoms with Crippen LogP contribution in [0.3, 0.4) is 0 Å². The fourth-order valence-electron chi connectivity index (χ4n) is 3.84. The molecule has 170 valence electrons. The van der Waals surface area contributed by atoms with Crippen molar-refractivity contribution in [2.45, 2.75) is 43.3 Å². The van der Waals surface area contributed by atoms with Crippen LogP contribution in [0.5, 0.6) is 0 Å². The van der Waals surface area contributed by atoms with Crippen LogP contribution < -0.4 is 0 Å². The first-order chi connectivity index (χ1) is 15.4. The zero-order valence-corrected chi connectivity index (χ0v) is 19.6. The second-order valence-corrected chi connectivity index (χ2v) is 11.2. The Bertz CT molecular complexity index is 1160. The van der Waals surface area contributed by atoms with Gasteiger partial charge in [-0.1, -0.05) is 11.8 Å². The number of rotatable bonds is 8. The van der Waals surface area contributed by atoms with E-state index in [2.05, 4.69) is 15.2 Å². The number of sulfone groups is 1. The number of aromatic nitrogens is 4. The number of carbonyl (C=O) groups excluding carboxylic acids is 1. The van der Waals surface area contributed by atoms with Crippen LogP contribution >= 0.6 is 11.8 Å². The molecule has 0 aliphatic carbocycles. The fraction of sp³-hybridized carbons (Fsp3) is 0.429. The van der Waals surface area contributed by atoms with Gasteiger partial charge in [-0.2, -0.15) is 0 Å². The summed E-state index contributed by atoms with van der Waals surface area (Å²) in [4.78, 5) is 19.1. The maximum absolute atomic E-state index is 13.2. The summed E-state index contributed by atoms with van der Waals surface area (Å²) >= 11 is 1.30. The molecule has 0 unspecified atom stereocenters. The summed E-state index contributed by atoms with van der Waals surface area (Å²) in [6.45, 7) is 4.56. The number of hydrogen-bond acceptors (Lipinski definition) is 8. The highest BCUT2D eigenvalue weighted by Gasteiger charge is 2.36. The topological polar surface area (TPSA) is 111 Å². The summed E-state index contributed by atoms with van der Waals surface area (Å²) in [7, 11) is -3.08. The van der Waals surface area contributed by atoms with Gasteiger partial charge in [0, 0.05) is 30.5 Å². The van der Waals surface area contributed by atoms with Crippen LogP contribution in [0.15, 0.2) is 52.5 Å². The second kappa shape index (κ2) is 9.45. The molecule has 0 radical (unpaired) electrons. The van der Waals surface area contributed by atoms with Gasteiger partial charge in [0.15, 0.2) is 20.8 Å². The number of thioether (sulfide) groups is 1. The van der Waals surface area contributed by atoms with Crippen molar-refractivity contribution in [2.24, 2.45) is 0 Å². The highest BCUT2D eigenvalue weighted by atomic mass is 32.2. The van der Waals surface area contributed by atoms with Crippen molar-refractivity contribution in [2.75, 3.05) is 18.1 Å². The van der Waals surface area contributed by atoms with Gasteiger partial charge < -0.3 is 9.32 Å². The molecule has 0 saturated carbocycles. The molecule has 32 heavy (non-hydrogen) atoms. The van der Waals surface area contributed by atoms with Crippen molar-refractivity contribution in [3.63, 3.8) is 0 Å². The third-order valence-corrected chi connectivity index (χ3v) is 8.25. The van der Waals surface area contributed by atoms with Gasteiger partial charge in [0.25, 0.3) is 0 Å². The van der Waals surface area contributed by atoms with Crippen LogP contribution in [-0.4, -0.2) is 68.3 Å². The summed E-state index contributed by atoms with van der Waals surface area (Å²) < 4.78 is 31.2. The average molecular weight is 476 g/mol. The predicted molar refractivity (Wildman–Crippen MR) is 121 cm³/mol. The molecule has 1 amide bonds. The molecule has 4 rings (SSSR count). The molecule has 11 heteroatoms. The quantitative estimate of drug-likeness (QED) is 0.457. The molecule has 3 aromatic rings. The van der Waals surface area contributed by atoms with E-state index in [0.717, 1.165) is 11.3 Å². The number of furan rings is 1. The highest BCUT2D eigenvalue weighted by Crippen LogP contribution is 2.29. The Balaban J connectivity index is 1.57. The Morgan fingerprint density at radius 2 is 2.19 bits per heavy atom. The number of nitrogens with zero attached hydrogens (tertiary/aromatic N) is 5. The molecule has 9 nitrogen and oxygen atoms in total. The molecule has 1 aliphatic rings. The molecule has 0 bridgehead atoms. The van der Waals surface area contributed by atoms with Crippen LogP contribution in [0.25, 0.3) is 11.4 Å². The third-order valence-electron chi connectivity index (χ3n) is 5.43. The van der Waals surface area contributed by atoms with Gasteiger partial charge in [0.1, 0.15) is 5.76 Å². The first-order valence-electron chi connectivity index (χ1n) is 10.4. The summed E-state index contributed by atoms with van der Waals surface area (Å²) in [6.07, 6.45) is 5.50. The second-order valence-electron chi connectivity index (χ2n) is 7.65. The van der Waals surface area contributed by atoms with Gasteiger partial charge in [-0.15, -0.1) is 10.2 Å². The van der Waals surface area contributed by atoms with Gasteiger partial charge in [-0.05, 0) is 44.5 Å². The molecule has 3 aromatic heterocycles. The lowest BCUT2D eigenvalue weighted by Gasteiger charge is -2.29. The molecule has 1 fully saturated rings. The molecule has 1 saturated heterocycles. The van der Waals surface area contributed by atoms with Crippen molar-refractivity contribution in [3.05, 3.63) is 48.7 Å². The Morgan fingerprint density at radius 3 is 2.81 bits per heavy atom. The van der Waals surface area contributed by atoms with Crippen LogP contribution in [0.4, 0.5) is 0 Å².